The molecule has 0 aliphatic carbocycles. The van der Waals surface area contributed by atoms with Crippen LogP contribution in [-0.4, -0.2) is 17.0 Å². The van der Waals surface area contributed by atoms with E-state index < -0.39 is 9.73 Å². The zero-order valence-corrected chi connectivity index (χ0v) is 9.88. The Morgan fingerprint density at radius 3 is 2.53 bits per heavy atom. The van der Waals surface area contributed by atoms with Gasteiger partial charge in [0.1, 0.15) is 6.54 Å². The van der Waals surface area contributed by atoms with Crippen molar-refractivity contribution >= 4 is 9.73 Å². The average molecular weight is 221 g/mol. The molecule has 0 heterocycles. The van der Waals surface area contributed by atoms with E-state index in [1.54, 1.807) is 6.26 Å². The summed E-state index contributed by atoms with van der Waals surface area (Å²) in [5.41, 5.74) is 0. The van der Waals surface area contributed by atoms with E-state index in [-0.39, 0.29) is 0 Å². The minimum atomic E-state index is -2.27. The van der Waals surface area contributed by atoms with Crippen LogP contribution in [0.3, 0.4) is 0 Å². The van der Waals surface area contributed by atoms with E-state index in [1.807, 2.05) is 37.3 Å². The van der Waals surface area contributed by atoms with Gasteiger partial charge in [-0.25, -0.2) is 8.57 Å². The number of nitrogens with zero attached hydrogens (tertiary/aromatic N) is 1. The summed E-state index contributed by atoms with van der Waals surface area (Å²) in [6.07, 6.45) is 2.46. The Morgan fingerprint density at radius 1 is 1.27 bits per heavy atom. The average Bonchev–Trinajstić information content (AvgIpc) is 2.26. The first-order valence-corrected chi connectivity index (χ1v) is 6.78. The van der Waals surface area contributed by atoms with Gasteiger partial charge >= 0.3 is 0 Å². The molecule has 0 bridgehead atoms. The zero-order chi connectivity index (χ0) is 11.1. The van der Waals surface area contributed by atoms with Crippen LogP contribution in [0.15, 0.2) is 39.6 Å². The van der Waals surface area contributed by atoms with Gasteiger partial charge in [-0.1, -0.05) is 31.0 Å². The Labute approximate surface area is 91.9 Å². The molecule has 1 aromatic rings. The van der Waals surface area contributed by atoms with Gasteiger partial charge in [0.15, 0.2) is 0 Å². The van der Waals surface area contributed by atoms with E-state index in [2.05, 4.69) is 16.2 Å². The van der Waals surface area contributed by atoms with E-state index in [1.165, 1.54) is 0 Å². The topological polar surface area (TPSA) is 29.4 Å². The number of benzene rings is 1. The molecule has 0 saturated heterocycles. The number of rotatable bonds is 2. The predicted octanol–water partition coefficient (Wildman–Crippen LogP) is 2.56. The lowest BCUT2D eigenvalue weighted by molar-refractivity contribution is 0.679. The van der Waals surface area contributed by atoms with Crippen molar-refractivity contribution in [2.24, 2.45) is 4.36 Å². The van der Waals surface area contributed by atoms with E-state index in [9.17, 15) is 4.21 Å². The van der Waals surface area contributed by atoms with Gasteiger partial charge in [0.2, 0.25) is 0 Å². The van der Waals surface area contributed by atoms with E-state index in [0.717, 1.165) is 11.3 Å². The molecule has 0 aromatic heterocycles. The maximum atomic E-state index is 12.1. The van der Waals surface area contributed by atoms with Crippen LogP contribution in [0, 0.1) is 11.8 Å². The monoisotopic (exact) mass is 221 g/mol. The van der Waals surface area contributed by atoms with E-state index in [4.69, 9.17) is 0 Å². The Bertz CT molecular complexity index is 473. The first-order chi connectivity index (χ1) is 7.17. The van der Waals surface area contributed by atoms with Crippen LogP contribution in [-0.2, 0) is 9.73 Å². The largest absolute Gasteiger partial charge is 0.245 e. The van der Waals surface area contributed by atoms with Crippen LogP contribution in [0.1, 0.15) is 13.3 Å². The van der Waals surface area contributed by atoms with E-state index >= 15 is 0 Å². The summed E-state index contributed by atoms with van der Waals surface area (Å²) in [5.74, 6) is 5.77. The van der Waals surface area contributed by atoms with Crippen molar-refractivity contribution in [2.45, 2.75) is 18.2 Å². The highest BCUT2D eigenvalue weighted by molar-refractivity contribution is 7.93. The first kappa shape index (κ1) is 11.8. The summed E-state index contributed by atoms with van der Waals surface area (Å²) < 4.78 is 16.2. The smallest absolute Gasteiger partial charge is 0.109 e. The van der Waals surface area contributed by atoms with Crippen LogP contribution < -0.4 is 0 Å². The molecule has 0 spiro atoms. The van der Waals surface area contributed by atoms with Gasteiger partial charge < -0.3 is 0 Å². The molecule has 0 amide bonds. The summed E-state index contributed by atoms with van der Waals surface area (Å²) in [5, 5.41) is 0. The molecule has 0 saturated carbocycles. The minimum absolute atomic E-state index is 0.345. The highest BCUT2D eigenvalue weighted by Gasteiger charge is 2.02. The molecule has 15 heavy (non-hydrogen) atoms. The van der Waals surface area contributed by atoms with Gasteiger partial charge in [-0.3, -0.25) is 0 Å². The molecule has 1 atom stereocenters. The second-order valence-corrected chi connectivity index (χ2v) is 5.44. The summed E-state index contributed by atoms with van der Waals surface area (Å²) >= 11 is 0. The molecule has 2 nitrogen and oxygen atoms in total. The third kappa shape index (κ3) is 3.77. The molecule has 0 radical (unpaired) electrons. The van der Waals surface area contributed by atoms with Crippen molar-refractivity contribution in [2.75, 3.05) is 12.8 Å². The van der Waals surface area contributed by atoms with Crippen LogP contribution >= 0.6 is 0 Å². The summed E-state index contributed by atoms with van der Waals surface area (Å²) in [4.78, 5) is 0.767. The number of hydrogen-bond acceptors (Lipinski definition) is 2. The SMILES string of the molecule is CCC#CCN=S(C)(=O)c1ccccc1. The molecule has 0 aliphatic heterocycles. The molecular weight excluding hydrogens is 206 g/mol. The second kappa shape index (κ2) is 5.57. The van der Waals surface area contributed by atoms with Gasteiger partial charge in [-0.05, 0) is 12.1 Å². The minimum Gasteiger partial charge on any atom is -0.245 e. The Kier molecular flexibility index (Phi) is 4.38. The quantitative estimate of drug-likeness (QED) is 0.706. The molecule has 0 N–H and O–H groups in total. The maximum Gasteiger partial charge on any atom is 0.109 e. The second-order valence-electron chi connectivity index (χ2n) is 3.11. The first-order valence-electron chi connectivity index (χ1n) is 4.85. The zero-order valence-electron chi connectivity index (χ0n) is 9.06. The van der Waals surface area contributed by atoms with Crippen molar-refractivity contribution in [1.29, 1.82) is 0 Å². The van der Waals surface area contributed by atoms with Crippen molar-refractivity contribution in [3.05, 3.63) is 30.3 Å². The summed E-state index contributed by atoms with van der Waals surface area (Å²) in [6, 6.07) is 9.30. The normalized spacial score (nSPS) is 13.5. The molecule has 0 fully saturated rings. The fraction of sp³-hybridized carbons (Fsp3) is 0.333. The molecular formula is C12H15NOS. The third-order valence-electron chi connectivity index (χ3n) is 1.87. The van der Waals surface area contributed by atoms with Crippen LogP contribution in [0.5, 0.6) is 0 Å². The van der Waals surface area contributed by atoms with Crippen LogP contribution in [0.2, 0.25) is 0 Å². The lowest BCUT2D eigenvalue weighted by Crippen LogP contribution is -1.97. The summed E-state index contributed by atoms with van der Waals surface area (Å²) in [6.45, 7) is 2.32. The Hall–Kier alpha value is -1.27. The van der Waals surface area contributed by atoms with E-state index in [0.29, 0.717) is 6.54 Å². The highest BCUT2D eigenvalue weighted by Crippen LogP contribution is 2.09. The van der Waals surface area contributed by atoms with Gasteiger partial charge in [-0.15, -0.1) is 5.92 Å². The fourth-order valence-corrected chi connectivity index (χ4v) is 2.21. The van der Waals surface area contributed by atoms with Crippen molar-refractivity contribution in [1.82, 2.24) is 0 Å². The van der Waals surface area contributed by atoms with Gasteiger partial charge in [-0.2, -0.15) is 0 Å². The van der Waals surface area contributed by atoms with Gasteiger partial charge in [0.25, 0.3) is 0 Å². The molecule has 1 unspecified atom stereocenters. The number of hydrogen-bond donors (Lipinski definition) is 0. The summed E-state index contributed by atoms with van der Waals surface area (Å²) in [7, 11) is -2.27. The maximum absolute atomic E-state index is 12.1. The van der Waals surface area contributed by atoms with Gasteiger partial charge in [0.05, 0.1) is 9.73 Å². The predicted molar refractivity (Wildman–Crippen MR) is 64.1 cm³/mol. The Balaban J connectivity index is 2.88. The lowest BCUT2D eigenvalue weighted by Gasteiger charge is -2.01. The molecule has 1 aromatic carbocycles. The molecule has 80 valence electrons. The van der Waals surface area contributed by atoms with Crippen molar-refractivity contribution in [3.8, 4) is 11.8 Å². The third-order valence-corrected chi connectivity index (χ3v) is 3.64. The lowest BCUT2D eigenvalue weighted by atomic mass is 10.4. The van der Waals surface area contributed by atoms with Crippen molar-refractivity contribution in [3.63, 3.8) is 0 Å². The fourth-order valence-electron chi connectivity index (χ4n) is 1.08. The van der Waals surface area contributed by atoms with Crippen LogP contribution in [0.4, 0.5) is 0 Å². The Morgan fingerprint density at radius 2 is 1.93 bits per heavy atom. The van der Waals surface area contributed by atoms with Crippen molar-refractivity contribution < 1.29 is 4.21 Å². The molecule has 1 rings (SSSR count). The molecule has 3 heteroatoms. The van der Waals surface area contributed by atoms with Crippen LogP contribution in [0.25, 0.3) is 0 Å². The molecule has 0 aliphatic rings. The highest BCUT2D eigenvalue weighted by atomic mass is 32.2. The standard InChI is InChI=1S/C12H15NOS/c1-3-4-8-11-13-15(2,14)12-9-6-5-7-10-12/h5-7,9-10H,3,11H2,1-2H3. The van der Waals surface area contributed by atoms with Gasteiger partial charge in [0, 0.05) is 17.6 Å².